The monoisotopic (exact) mass is 337 g/mol. The van der Waals surface area contributed by atoms with Crippen LogP contribution in [0.5, 0.6) is 0 Å². The first-order valence-electron chi connectivity index (χ1n) is 8.51. The lowest BCUT2D eigenvalue weighted by Gasteiger charge is -2.22. The maximum Gasteiger partial charge on any atom is 0.305 e. The second-order valence-electron chi connectivity index (χ2n) is 6.82. The summed E-state index contributed by atoms with van der Waals surface area (Å²) in [7, 11) is 0. The molecular formula is C16H23N3O5. The molecule has 2 N–H and O–H groups in total. The van der Waals surface area contributed by atoms with Gasteiger partial charge in [-0.15, -0.1) is 0 Å². The fraction of sp³-hybridized carbons (Fsp3) is 0.750. The predicted molar refractivity (Wildman–Crippen MR) is 84.3 cm³/mol. The number of piperidine rings is 1. The number of aliphatic carboxylic acids is 1. The third kappa shape index (κ3) is 3.43. The van der Waals surface area contributed by atoms with Crippen LogP contribution in [0.2, 0.25) is 0 Å². The molecule has 0 aromatic carbocycles. The molecular weight excluding hydrogens is 314 g/mol. The Bertz CT molecular complexity index is 570. The zero-order valence-corrected chi connectivity index (χ0v) is 13.6. The largest absolute Gasteiger partial charge is 0.481 e. The van der Waals surface area contributed by atoms with Crippen molar-refractivity contribution >= 4 is 23.5 Å². The van der Waals surface area contributed by atoms with Gasteiger partial charge in [-0.1, -0.05) is 5.16 Å². The summed E-state index contributed by atoms with van der Waals surface area (Å²) in [6.07, 6.45) is 4.14. The highest BCUT2D eigenvalue weighted by Crippen LogP contribution is 2.37. The van der Waals surface area contributed by atoms with Crippen molar-refractivity contribution in [3.05, 3.63) is 0 Å². The maximum absolute atomic E-state index is 12.5. The first-order chi connectivity index (χ1) is 11.5. The molecule has 1 atom stereocenters. The molecule has 0 aliphatic carbocycles. The average molecular weight is 337 g/mol. The first kappa shape index (κ1) is 16.9. The second kappa shape index (κ2) is 6.88. The number of likely N-dealkylation sites (tertiary alicyclic amines) is 1. The molecule has 1 spiro atoms. The molecule has 3 heterocycles. The standard InChI is InChI=1S/C16H23N3O5/c20-13-10-16(15(23)19(13)8-5-14(21)22)9-12(18-24-16)2-1-11-3-6-17-7-4-11/h11,17H,1-10H2,(H,21,22). The number of carboxylic acids is 1. The summed E-state index contributed by atoms with van der Waals surface area (Å²) in [4.78, 5) is 41.6. The number of imide groups is 1. The summed E-state index contributed by atoms with van der Waals surface area (Å²) < 4.78 is 0. The number of nitrogens with zero attached hydrogens (tertiary/aromatic N) is 2. The lowest BCUT2D eigenvalue weighted by molar-refractivity contribution is -0.148. The van der Waals surface area contributed by atoms with Crippen molar-refractivity contribution in [2.45, 2.75) is 50.5 Å². The Kier molecular flexibility index (Phi) is 4.84. The third-order valence-electron chi connectivity index (χ3n) is 5.06. The van der Waals surface area contributed by atoms with Crippen LogP contribution in [0.25, 0.3) is 0 Å². The zero-order chi connectivity index (χ0) is 17.2. The van der Waals surface area contributed by atoms with Gasteiger partial charge < -0.3 is 15.3 Å². The van der Waals surface area contributed by atoms with Crippen LogP contribution in [-0.2, 0) is 19.2 Å². The van der Waals surface area contributed by atoms with E-state index in [0.29, 0.717) is 12.3 Å². The van der Waals surface area contributed by atoms with Crippen LogP contribution >= 0.6 is 0 Å². The molecule has 0 bridgehead atoms. The normalized spacial score (nSPS) is 27.7. The number of carbonyl (C=O) groups excluding carboxylic acids is 2. The second-order valence-corrected chi connectivity index (χ2v) is 6.82. The minimum Gasteiger partial charge on any atom is -0.481 e. The van der Waals surface area contributed by atoms with E-state index in [9.17, 15) is 14.4 Å². The van der Waals surface area contributed by atoms with Crippen molar-refractivity contribution in [3.63, 3.8) is 0 Å². The van der Waals surface area contributed by atoms with Crippen LogP contribution in [-0.4, -0.2) is 58.7 Å². The minimum absolute atomic E-state index is 0.0498. The maximum atomic E-state index is 12.5. The molecule has 24 heavy (non-hydrogen) atoms. The van der Waals surface area contributed by atoms with Crippen LogP contribution in [0.15, 0.2) is 5.16 Å². The highest BCUT2D eigenvalue weighted by molar-refractivity contribution is 6.10. The summed E-state index contributed by atoms with van der Waals surface area (Å²) >= 11 is 0. The molecule has 0 aromatic heterocycles. The van der Waals surface area contributed by atoms with Gasteiger partial charge in [0.2, 0.25) is 11.5 Å². The molecule has 8 heteroatoms. The summed E-state index contributed by atoms with van der Waals surface area (Å²) in [6.45, 7) is 1.98. The number of carboxylic acid groups (broad SMARTS) is 1. The topological polar surface area (TPSA) is 108 Å². The van der Waals surface area contributed by atoms with Crippen LogP contribution in [0.4, 0.5) is 0 Å². The first-order valence-corrected chi connectivity index (χ1v) is 8.51. The van der Waals surface area contributed by atoms with Gasteiger partial charge in [0.25, 0.3) is 5.91 Å². The van der Waals surface area contributed by atoms with E-state index in [1.54, 1.807) is 0 Å². The number of hydrogen-bond acceptors (Lipinski definition) is 6. The van der Waals surface area contributed by atoms with Crippen molar-refractivity contribution in [1.29, 1.82) is 0 Å². The van der Waals surface area contributed by atoms with Crippen molar-refractivity contribution in [1.82, 2.24) is 10.2 Å². The van der Waals surface area contributed by atoms with E-state index in [0.717, 1.165) is 49.4 Å². The van der Waals surface area contributed by atoms with Gasteiger partial charge in [0.15, 0.2) is 0 Å². The summed E-state index contributed by atoms with van der Waals surface area (Å²) in [6, 6.07) is 0. The number of oxime groups is 1. The van der Waals surface area contributed by atoms with E-state index in [2.05, 4.69) is 10.5 Å². The molecule has 132 valence electrons. The van der Waals surface area contributed by atoms with Crippen LogP contribution in [0.3, 0.4) is 0 Å². The Morgan fingerprint density at radius 3 is 2.79 bits per heavy atom. The van der Waals surface area contributed by atoms with Gasteiger partial charge in [-0.05, 0) is 44.7 Å². The summed E-state index contributed by atoms with van der Waals surface area (Å²) in [5.74, 6) is -1.20. The molecule has 0 aromatic rings. The summed E-state index contributed by atoms with van der Waals surface area (Å²) in [5.41, 5.74) is -0.395. The number of amides is 2. The fourth-order valence-corrected chi connectivity index (χ4v) is 3.64. The Hall–Kier alpha value is -1.96. The van der Waals surface area contributed by atoms with Gasteiger partial charge in [-0.3, -0.25) is 19.3 Å². The van der Waals surface area contributed by atoms with E-state index >= 15 is 0 Å². The molecule has 2 saturated heterocycles. The molecule has 1 unspecified atom stereocenters. The van der Waals surface area contributed by atoms with Crippen LogP contribution < -0.4 is 5.32 Å². The SMILES string of the molecule is O=C(O)CCN1C(=O)CC2(CC(CCC3CCNCC3)=NO2)C1=O. The molecule has 0 saturated carbocycles. The highest BCUT2D eigenvalue weighted by atomic mass is 16.7. The molecule has 3 aliphatic heterocycles. The number of hydrogen-bond donors (Lipinski definition) is 2. The van der Waals surface area contributed by atoms with Crippen molar-refractivity contribution < 1.29 is 24.3 Å². The molecule has 2 amide bonds. The van der Waals surface area contributed by atoms with Gasteiger partial charge >= 0.3 is 5.97 Å². The lowest BCUT2D eigenvalue weighted by atomic mass is 9.89. The molecule has 3 rings (SSSR count). The Morgan fingerprint density at radius 1 is 1.33 bits per heavy atom. The van der Waals surface area contributed by atoms with Crippen molar-refractivity contribution in [3.8, 4) is 0 Å². The Labute approximate surface area is 140 Å². The number of nitrogens with one attached hydrogen (secondary N) is 1. The molecule has 0 radical (unpaired) electrons. The fourth-order valence-electron chi connectivity index (χ4n) is 3.64. The van der Waals surface area contributed by atoms with Gasteiger partial charge in [0.1, 0.15) is 0 Å². The van der Waals surface area contributed by atoms with Crippen LogP contribution in [0, 0.1) is 5.92 Å². The zero-order valence-electron chi connectivity index (χ0n) is 13.6. The van der Waals surface area contributed by atoms with Crippen molar-refractivity contribution in [2.75, 3.05) is 19.6 Å². The van der Waals surface area contributed by atoms with E-state index in [4.69, 9.17) is 9.94 Å². The third-order valence-corrected chi connectivity index (χ3v) is 5.06. The molecule has 3 aliphatic rings. The van der Waals surface area contributed by atoms with E-state index < -0.39 is 17.5 Å². The van der Waals surface area contributed by atoms with Crippen LogP contribution in [0.1, 0.15) is 44.9 Å². The highest BCUT2D eigenvalue weighted by Gasteiger charge is 2.57. The molecule has 2 fully saturated rings. The van der Waals surface area contributed by atoms with Gasteiger partial charge in [0, 0.05) is 13.0 Å². The smallest absolute Gasteiger partial charge is 0.305 e. The van der Waals surface area contributed by atoms with Gasteiger partial charge in [0.05, 0.1) is 18.6 Å². The van der Waals surface area contributed by atoms with Gasteiger partial charge in [-0.2, -0.15) is 0 Å². The van der Waals surface area contributed by atoms with E-state index in [-0.39, 0.29) is 25.3 Å². The van der Waals surface area contributed by atoms with Gasteiger partial charge in [-0.25, -0.2) is 0 Å². The van der Waals surface area contributed by atoms with E-state index in [1.165, 1.54) is 0 Å². The van der Waals surface area contributed by atoms with E-state index in [1.807, 2.05) is 0 Å². The number of carbonyl (C=O) groups is 3. The average Bonchev–Trinajstić information content (AvgIpc) is 3.07. The molecule has 8 nitrogen and oxygen atoms in total. The predicted octanol–water partition coefficient (Wildman–Crippen LogP) is 0.515. The number of rotatable bonds is 6. The minimum atomic E-state index is -1.22. The Morgan fingerprint density at radius 2 is 2.08 bits per heavy atom. The summed E-state index contributed by atoms with van der Waals surface area (Å²) in [5, 5.41) is 16.1. The lowest BCUT2D eigenvalue weighted by Crippen LogP contribution is -2.41. The van der Waals surface area contributed by atoms with Crippen molar-refractivity contribution in [2.24, 2.45) is 11.1 Å². The quantitative estimate of drug-likeness (QED) is 0.684. The Balaban J connectivity index is 1.53.